The molecule has 3 aliphatic heterocycles. The summed E-state index contributed by atoms with van der Waals surface area (Å²) in [5.41, 5.74) is 2.61. The van der Waals surface area contributed by atoms with Gasteiger partial charge in [0.05, 0.1) is 6.61 Å². The predicted molar refractivity (Wildman–Crippen MR) is 101 cm³/mol. The molecule has 0 saturated carbocycles. The first-order valence-corrected chi connectivity index (χ1v) is 9.68. The fourth-order valence-electron chi connectivity index (χ4n) is 3.97. The smallest absolute Gasteiger partial charge is 0.185 e. The number of carbonyl (C=O) groups excluding carboxylic acids is 2. The van der Waals surface area contributed by atoms with Gasteiger partial charge in [0.15, 0.2) is 18.9 Å². The molecular formula is C22H20O8. The van der Waals surface area contributed by atoms with Crippen LogP contribution in [0.5, 0.6) is 0 Å². The minimum Gasteiger partial charge on any atom is -0.366 e. The molecule has 0 spiro atoms. The normalized spacial score (nSPS) is 35.3. The highest BCUT2D eigenvalue weighted by Crippen LogP contribution is 2.42. The molecular weight excluding hydrogens is 392 g/mol. The van der Waals surface area contributed by atoms with Crippen molar-refractivity contribution in [3.63, 3.8) is 0 Å². The Kier molecular flexibility index (Phi) is 5.20. The van der Waals surface area contributed by atoms with Gasteiger partial charge < -0.3 is 28.8 Å². The first kappa shape index (κ1) is 19.5. The quantitative estimate of drug-likeness (QED) is 0.761. The van der Waals surface area contributed by atoms with E-state index >= 15 is 0 Å². The van der Waals surface area contributed by atoms with Gasteiger partial charge in [-0.25, -0.2) is 0 Å². The lowest BCUT2D eigenvalue weighted by Gasteiger charge is -2.44. The van der Waals surface area contributed by atoms with Gasteiger partial charge in [-0.1, -0.05) is 48.5 Å². The van der Waals surface area contributed by atoms with Crippen LogP contribution in [-0.2, 0) is 23.7 Å². The third-order valence-corrected chi connectivity index (χ3v) is 5.55. The molecule has 0 bridgehead atoms. The molecule has 3 saturated heterocycles. The second-order valence-corrected chi connectivity index (χ2v) is 7.43. The van der Waals surface area contributed by atoms with E-state index in [1.807, 2.05) is 0 Å². The zero-order chi connectivity index (χ0) is 20.7. The number of aliphatic hydroxyl groups excluding tert-OH is 1. The lowest BCUT2D eigenvalue weighted by molar-refractivity contribution is -0.340. The summed E-state index contributed by atoms with van der Waals surface area (Å²) in [5, 5.41) is 10.4. The molecule has 8 nitrogen and oxygen atoms in total. The zero-order valence-electron chi connectivity index (χ0n) is 15.8. The van der Waals surface area contributed by atoms with Gasteiger partial charge in [-0.15, -0.1) is 0 Å². The van der Waals surface area contributed by atoms with Crippen LogP contribution in [0.15, 0.2) is 48.5 Å². The number of aliphatic hydroxyl groups is 1. The molecule has 0 aromatic heterocycles. The van der Waals surface area contributed by atoms with E-state index < -0.39 is 43.3 Å². The SMILES string of the molecule is O=Cc1ccc(C2OCC3OC(O)C4OC(c5ccc(C=O)cc5)OC4C3O2)cc1. The summed E-state index contributed by atoms with van der Waals surface area (Å²) < 4.78 is 29.6. The first-order valence-electron chi connectivity index (χ1n) is 9.68. The van der Waals surface area contributed by atoms with E-state index in [1.54, 1.807) is 48.5 Å². The van der Waals surface area contributed by atoms with Crippen molar-refractivity contribution in [3.05, 3.63) is 70.8 Å². The van der Waals surface area contributed by atoms with Crippen LogP contribution in [-0.4, -0.2) is 55.0 Å². The average Bonchev–Trinajstić information content (AvgIpc) is 3.26. The highest BCUT2D eigenvalue weighted by atomic mass is 16.8. The number of hydrogen-bond donors (Lipinski definition) is 1. The minimum absolute atomic E-state index is 0.215. The van der Waals surface area contributed by atoms with Crippen molar-refractivity contribution in [1.82, 2.24) is 0 Å². The molecule has 8 heteroatoms. The number of hydrogen-bond acceptors (Lipinski definition) is 8. The Balaban J connectivity index is 1.35. The topological polar surface area (TPSA) is 101 Å². The minimum atomic E-state index is -1.17. The Hall–Kier alpha value is -2.46. The lowest BCUT2D eigenvalue weighted by Crippen LogP contribution is -2.60. The van der Waals surface area contributed by atoms with Crippen LogP contribution in [0.2, 0.25) is 0 Å². The average molecular weight is 412 g/mol. The van der Waals surface area contributed by atoms with Gasteiger partial charge in [-0.3, -0.25) is 9.59 Å². The molecule has 0 radical (unpaired) electrons. The Bertz CT molecular complexity index is 912. The number of fused-ring (bicyclic) bond motifs is 3. The molecule has 7 unspecified atom stereocenters. The van der Waals surface area contributed by atoms with Crippen molar-refractivity contribution < 1.29 is 38.4 Å². The molecule has 3 fully saturated rings. The van der Waals surface area contributed by atoms with E-state index in [4.69, 9.17) is 23.7 Å². The molecule has 156 valence electrons. The highest BCUT2D eigenvalue weighted by molar-refractivity contribution is 5.75. The second-order valence-electron chi connectivity index (χ2n) is 7.43. The van der Waals surface area contributed by atoms with Crippen molar-refractivity contribution >= 4 is 12.6 Å². The number of rotatable bonds is 4. The molecule has 30 heavy (non-hydrogen) atoms. The van der Waals surface area contributed by atoms with Gasteiger partial charge in [-0.2, -0.15) is 0 Å². The number of benzene rings is 2. The predicted octanol–water partition coefficient (Wildman–Crippen LogP) is 1.93. The van der Waals surface area contributed by atoms with Crippen LogP contribution in [0.3, 0.4) is 0 Å². The largest absolute Gasteiger partial charge is 0.366 e. The van der Waals surface area contributed by atoms with Crippen LogP contribution in [0, 0.1) is 0 Å². The molecule has 7 atom stereocenters. The number of aldehydes is 2. The molecule has 0 amide bonds. The van der Waals surface area contributed by atoms with Crippen molar-refractivity contribution in [2.75, 3.05) is 6.61 Å². The summed E-state index contributed by atoms with van der Waals surface area (Å²) in [6.07, 6.45) is -3.31. The van der Waals surface area contributed by atoms with Crippen molar-refractivity contribution in [2.24, 2.45) is 0 Å². The summed E-state index contributed by atoms with van der Waals surface area (Å²) >= 11 is 0. The summed E-state index contributed by atoms with van der Waals surface area (Å²) in [6, 6.07) is 13.8. The zero-order valence-corrected chi connectivity index (χ0v) is 15.8. The molecule has 3 aliphatic rings. The van der Waals surface area contributed by atoms with Crippen molar-refractivity contribution in [1.29, 1.82) is 0 Å². The fraction of sp³-hybridized carbons (Fsp3) is 0.364. The summed E-state index contributed by atoms with van der Waals surface area (Å²) in [7, 11) is 0. The summed E-state index contributed by atoms with van der Waals surface area (Å²) in [4.78, 5) is 21.7. The van der Waals surface area contributed by atoms with Gasteiger partial charge in [0.25, 0.3) is 0 Å². The van der Waals surface area contributed by atoms with Gasteiger partial charge in [0.1, 0.15) is 37.0 Å². The van der Waals surface area contributed by atoms with Gasteiger partial charge in [-0.05, 0) is 0 Å². The van der Waals surface area contributed by atoms with Crippen LogP contribution >= 0.6 is 0 Å². The summed E-state index contributed by atoms with van der Waals surface area (Å²) in [5.74, 6) is 0. The monoisotopic (exact) mass is 412 g/mol. The Morgan fingerprint density at radius 2 is 1.23 bits per heavy atom. The van der Waals surface area contributed by atoms with Crippen LogP contribution in [0.1, 0.15) is 44.4 Å². The van der Waals surface area contributed by atoms with Gasteiger partial charge >= 0.3 is 0 Å². The van der Waals surface area contributed by atoms with E-state index in [2.05, 4.69) is 0 Å². The molecule has 3 heterocycles. The maximum atomic E-state index is 10.9. The van der Waals surface area contributed by atoms with Gasteiger partial charge in [0, 0.05) is 22.3 Å². The van der Waals surface area contributed by atoms with Crippen LogP contribution < -0.4 is 0 Å². The molecule has 2 aromatic carbocycles. The number of ether oxygens (including phenoxy) is 5. The Labute approximate surface area is 172 Å². The maximum Gasteiger partial charge on any atom is 0.185 e. The van der Waals surface area contributed by atoms with E-state index in [0.29, 0.717) is 11.1 Å². The van der Waals surface area contributed by atoms with E-state index in [0.717, 1.165) is 23.7 Å². The third-order valence-electron chi connectivity index (χ3n) is 5.55. The Morgan fingerprint density at radius 3 is 1.83 bits per heavy atom. The van der Waals surface area contributed by atoms with Crippen molar-refractivity contribution in [2.45, 2.75) is 43.3 Å². The molecule has 2 aromatic rings. The van der Waals surface area contributed by atoms with Crippen molar-refractivity contribution in [3.8, 4) is 0 Å². The molecule has 1 N–H and O–H groups in total. The van der Waals surface area contributed by atoms with Crippen LogP contribution in [0.25, 0.3) is 0 Å². The lowest BCUT2D eigenvalue weighted by atomic mass is 9.98. The van der Waals surface area contributed by atoms with E-state index in [1.165, 1.54) is 0 Å². The molecule has 0 aliphatic carbocycles. The van der Waals surface area contributed by atoms with E-state index in [9.17, 15) is 14.7 Å². The number of carbonyl (C=O) groups is 2. The Morgan fingerprint density at radius 1 is 0.700 bits per heavy atom. The highest BCUT2D eigenvalue weighted by Gasteiger charge is 2.55. The molecule has 5 rings (SSSR count). The third kappa shape index (κ3) is 3.47. The fourth-order valence-corrected chi connectivity index (χ4v) is 3.97. The van der Waals surface area contributed by atoms with Crippen LogP contribution in [0.4, 0.5) is 0 Å². The van der Waals surface area contributed by atoms with Gasteiger partial charge in [0.2, 0.25) is 0 Å². The maximum absolute atomic E-state index is 10.9. The summed E-state index contributed by atoms with van der Waals surface area (Å²) in [6.45, 7) is 0.215. The second kappa shape index (κ2) is 7.99. The van der Waals surface area contributed by atoms with E-state index in [-0.39, 0.29) is 6.61 Å². The standard InChI is InChI=1S/C22H20O8/c23-9-12-1-5-14(6-2-12)21-26-11-16-17(28-21)18-19(20(25)27-16)30-22(29-18)15-7-3-13(10-24)4-8-15/h1-10,16-22,25H,11H2. The first-order chi connectivity index (χ1) is 14.7.